The second-order valence-corrected chi connectivity index (χ2v) is 10.5. The number of fused-ring (bicyclic) bond motifs is 1. The summed E-state index contributed by atoms with van der Waals surface area (Å²) in [6, 6.07) is 19.3. The number of amides is 2. The van der Waals surface area contributed by atoms with Crippen LogP contribution >= 0.6 is 0 Å². The molecule has 5 rings (SSSR count). The van der Waals surface area contributed by atoms with Crippen LogP contribution in [-0.2, 0) is 18.4 Å². The van der Waals surface area contributed by atoms with Gasteiger partial charge in [0.2, 0.25) is 5.91 Å². The van der Waals surface area contributed by atoms with Gasteiger partial charge in [0.1, 0.15) is 11.8 Å². The van der Waals surface area contributed by atoms with E-state index in [4.69, 9.17) is 0 Å². The molecule has 8 heteroatoms. The van der Waals surface area contributed by atoms with Crippen LogP contribution in [0, 0.1) is 0 Å². The van der Waals surface area contributed by atoms with E-state index in [2.05, 4.69) is 25.8 Å². The Morgan fingerprint density at radius 2 is 1.79 bits per heavy atom. The van der Waals surface area contributed by atoms with Gasteiger partial charge in [0.15, 0.2) is 0 Å². The molecule has 3 heterocycles. The molecule has 1 fully saturated rings. The van der Waals surface area contributed by atoms with Gasteiger partial charge in [0.05, 0.1) is 0 Å². The molecule has 4 aromatic rings. The summed E-state index contributed by atoms with van der Waals surface area (Å²) in [4.78, 5) is 31.9. The summed E-state index contributed by atoms with van der Waals surface area (Å²) in [5.74, 6) is -0.329. The van der Waals surface area contributed by atoms with Crippen LogP contribution in [0.5, 0.6) is 0 Å². The number of nitrogens with zero attached hydrogens (tertiary/aromatic N) is 4. The van der Waals surface area contributed by atoms with Gasteiger partial charge in [-0.05, 0) is 66.1 Å². The number of benzene rings is 2. The smallest absolute Gasteiger partial charge is 0.253 e. The van der Waals surface area contributed by atoms with Gasteiger partial charge in [-0.25, -0.2) is 9.37 Å². The Hall–Kier alpha value is -4.04. The number of alkyl halides is 1. The van der Waals surface area contributed by atoms with Crippen LogP contribution in [0.15, 0.2) is 66.9 Å². The number of carbonyl (C=O) groups excluding carboxylic acids is 2. The molecule has 2 amide bonds. The van der Waals surface area contributed by atoms with Gasteiger partial charge >= 0.3 is 0 Å². The number of aromatic nitrogens is 2. The third kappa shape index (κ3) is 5.56. The second-order valence-electron chi connectivity index (χ2n) is 10.5. The summed E-state index contributed by atoms with van der Waals surface area (Å²) in [5.41, 5.74) is 6.38. The first kappa shape index (κ1) is 26.6. The SMILES string of the molecule is CC(=O)Nc1ccc(-c2ccnc3c2cc(CN2CC[C@H](c4ccc(C(=O)N(C)C)cc4)[C@H](F)C2)n3C)cc1. The number of pyridine rings is 1. The van der Waals surface area contributed by atoms with E-state index < -0.39 is 6.17 Å². The third-order valence-corrected chi connectivity index (χ3v) is 7.55. The van der Waals surface area contributed by atoms with Crippen molar-refractivity contribution < 1.29 is 14.0 Å². The van der Waals surface area contributed by atoms with E-state index >= 15 is 4.39 Å². The van der Waals surface area contributed by atoms with Crippen molar-refractivity contribution in [2.45, 2.75) is 32.0 Å². The predicted octanol–water partition coefficient (Wildman–Crippen LogP) is 5.23. The summed E-state index contributed by atoms with van der Waals surface area (Å²) < 4.78 is 17.5. The molecule has 0 radical (unpaired) electrons. The normalized spacial score (nSPS) is 17.8. The Balaban J connectivity index is 1.30. The zero-order valence-electron chi connectivity index (χ0n) is 22.8. The average molecular weight is 528 g/mol. The van der Waals surface area contributed by atoms with Crippen molar-refractivity contribution in [3.63, 3.8) is 0 Å². The number of nitrogens with one attached hydrogen (secondary N) is 1. The number of hydrogen-bond donors (Lipinski definition) is 1. The maximum Gasteiger partial charge on any atom is 0.253 e. The molecule has 1 saturated heterocycles. The van der Waals surface area contributed by atoms with Crippen molar-refractivity contribution in [3.8, 4) is 11.1 Å². The molecule has 1 aliphatic rings. The second kappa shape index (κ2) is 11.0. The summed E-state index contributed by atoms with van der Waals surface area (Å²) in [7, 11) is 5.45. The molecular weight excluding hydrogens is 493 g/mol. The first-order chi connectivity index (χ1) is 18.7. The molecule has 1 aliphatic heterocycles. The summed E-state index contributed by atoms with van der Waals surface area (Å²) in [6.07, 6.45) is 1.54. The van der Waals surface area contributed by atoms with Crippen molar-refractivity contribution >= 4 is 28.5 Å². The molecule has 2 aromatic heterocycles. The van der Waals surface area contributed by atoms with Crippen molar-refractivity contribution in [1.29, 1.82) is 0 Å². The molecule has 7 nitrogen and oxygen atoms in total. The zero-order valence-corrected chi connectivity index (χ0v) is 22.8. The number of likely N-dealkylation sites (tertiary alicyclic amines) is 1. The van der Waals surface area contributed by atoms with Crippen molar-refractivity contribution in [2.24, 2.45) is 7.05 Å². The molecule has 0 spiro atoms. The quantitative estimate of drug-likeness (QED) is 0.373. The predicted molar refractivity (Wildman–Crippen MR) is 152 cm³/mol. The maximum absolute atomic E-state index is 15.4. The van der Waals surface area contributed by atoms with Crippen LogP contribution in [0.25, 0.3) is 22.2 Å². The summed E-state index contributed by atoms with van der Waals surface area (Å²) >= 11 is 0. The highest BCUT2D eigenvalue weighted by Crippen LogP contribution is 2.34. The molecule has 0 bridgehead atoms. The number of rotatable bonds is 6. The minimum Gasteiger partial charge on any atom is -0.345 e. The maximum atomic E-state index is 15.4. The number of anilines is 1. The van der Waals surface area contributed by atoms with E-state index in [1.807, 2.05) is 55.7 Å². The highest BCUT2D eigenvalue weighted by molar-refractivity contribution is 5.95. The van der Waals surface area contributed by atoms with Gasteiger partial charge in [-0.2, -0.15) is 0 Å². The van der Waals surface area contributed by atoms with Crippen molar-refractivity contribution in [3.05, 3.63) is 83.7 Å². The van der Waals surface area contributed by atoms with E-state index in [0.717, 1.165) is 52.1 Å². The van der Waals surface area contributed by atoms with Gasteiger partial charge in [-0.1, -0.05) is 24.3 Å². The lowest BCUT2D eigenvalue weighted by Gasteiger charge is -2.35. The largest absolute Gasteiger partial charge is 0.345 e. The van der Waals surface area contributed by atoms with E-state index in [1.165, 1.54) is 6.92 Å². The Morgan fingerprint density at radius 1 is 1.08 bits per heavy atom. The Kier molecular flexibility index (Phi) is 7.48. The molecule has 0 saturated carbocycles. The van der Waals surface area contributed by atoms with E-state index in [0.29, 0.717) is 18.7 Å². The molecule has 0 unspecified atom stereocenters. The van der Waals surface area contributed by atoms with Crippen LogP contribution in [0.2, 0.25) is 0 Å². The fourth-order valence-corrected chi connectivity index (χ4v) is 5.46. The molecule has 1 N–H and O–H groups in total. The molecule has 39 heavy (non-hydrogen) atoms. The highest BCUT2D eigenvalue weighted by atomic mass is 19.1. The molecule has 0 aliphatic carbocycles. The average Bonchev–Trinajstić information content (AvgIpc) is 3.23. The Bertz CT molecular complexity index is 1490. The van der Waals surface area contributed by atoms with E-state index in [-0.39, 0.29) is 17.7 Å². The molecule has 202 valence electrons. The topological polar surface area (TPSA) is 70.5 Å². The molecule has 2 aromatic carbocycles. The monoisotopic (exact) mass is 527 g/mol. The number of piperidine rings is 1. The molecular formula is C31H34FN5O2. The number of aryl methyl sites for hydroxylation is 1. The first-order valence-electron chi connectivity index (χ1n) is 13.2. The van der Waals surface area contributed by atoms with Crippen LogP contribution < -0.4 is 5.32 Å². The lowest BCUT2D eigenvalue weighted by molar-refractivity contribution is -0.114. The number of carbonyl (C=O) groups is 2. The van der Waals surface area contributed by atoms with E-state index in [1.54, 1.807) is 31.1 Å². The first-order valence-corrected chi connectivity index (χ1v) is 13.2. The van der Waals surface area contributed by atoms with Gasteiger partial charge in [0.25, 0.3) is 5.91 Å². The van der Waals surface area contributed by atoms with Gasteiger partial charge in [0, 0.05) is 75.6 Å². The summed E-state index contributed by atoms with van der Waals surface area (Å²) in [5, 5.41) is 3.84. The lowest BCUT2D eigenvalue weighted by Crippen LogP contribution is -2.40. The summed E-state index contributed by atoms with van der Waals surface area (Å²) in [6.45, 7) is 3.27. The highest BCUT2D eigenvalue weighted by Gasteiger charge is 2.31. The fourth-order valence-electron chi connectivity index (χ4n) is 5.46. The Morgan fingerprint density at radius 3 is 2.44 bits per heavy atom. The van der Waals surface area contributed by atoms with Crippen LogP contribution in [0.4, 0.5) is 10.1 Å². The van der Waals surface area contributed by atoms with Gasteiger partial charge in [-0.15, -0.1) is 0 Å². The van der Waals surface area contributed by atoms with Gasteiger partial charge < -0.3 is 14.8 Å². The molecule has 2 atom stereocenters. The number of hydrogen-bond acceptors (Lipinski definition) is 4. The van der Waals surface area contributed by atoms with Crippen molar-refractivity contribution in [1.82, 2.24) is 19.4 Å². The minimum absolute atomic E-state index is 0.0530. The standard InChI is InChI=1S/C31H34FN5O2/c1-20(38)34-24-11-9-21(10-12-24)26-13-15-33-30-28(26)17-25(36(30)4)18-37-16-14-27(29(32)19-37)22-5-7-23(8-6-22)31(39)35(2)3/h5-13,15,17,27,29H,14,16,18-19H2,1-4H3,(H,34,38)/t27-,29-/m1/s1. The van der Waals surface area contributed by atoms with Crippen LogP contribution in [0.1, 0.15) is 40.9 Å². The van der Waals surface area contributed by atoms with Gasteiger partial charge in [-0.3, -0.25) is 14.5 Å². The van der Waals surface area contributed by atoms with E-state index in [9.17, 15) is 9.59 Å². The number of halogens is 1. The van der Waals surface area contributed by atoms with Crippen molar-refractivity contribution in [2.75, 3.05) is 32.5 Å². The lowest BCUT2D eigenvalue weighted by atomic mass is 9.87. The van der Waals surface area contributed by atoms with Crippen LogP contribution in [-0.4, -0.2) is 64.5 Å². The van der Waals surface area contributed by atoms with Crippen LogP contribution in [0.3, 0.4) is 0 Å². The minimum atomic E-state index is -0.986. The zero-order chi connectivity index (χ0) is 27.7. The third-order valence-electron chi connectivity index (χ3n) is 7.55. The fraction of sp³-hybridized carbons (Fsp3) is 0.323. The Labute approximate surface area is 228 Å².